The highest BCUT2D eigenvalue weighted by Crippen LogP contribution is 2.35. The van der Waals surface area contributed by atoms with Crippen LogP contribution in [0.4, 0.5) is 0 Å². The number of rotatable bonds is 2. The lowest BCUT2D eigenvalue weighted by Gasteiger charge is -2.18. The Labute approximate surface area is 98.5 Å². The van der Waals surface area contributed by atoms with Crippen molar-refractivity contribution in [2.24, 2.45) is 5.16 Å². The molecule has 15 heavy (non-hydrogen) atoms. The highest BCUT2D eigenvalue weighted by Gasteiger charge is 2.16. The number of hydrogen-bond donors (Lipinski definition) is 1. The summed E-state index contributed by atoms with van der Waals surface area (Å²) in [5.41, 5.74) is 0.654. The van der Waals surface area contributed by atoms with Gasteiger partial charge in [0.05, 0.1) is 6.21 Å². The summed E-state index contributed by atoms with van der Waals surface area (Å²) in [5, 5.41) is 11.9. The third kappa shape index (κ3) is 3.72. The van der Waals surface area contributed by atoms with Crippen molar-refractivity contribution in [3.8, 4) is 0 Å². The molecule has 0 unspecified atom stereocenters. The normalized spacial score (nSPS) is 12.3. The summed E-state index contributed by atoms with van der Waals surface area (Å²) in [7, 11) is 0. The molecular formula is C10H13ClN2OS. The lowest BCUT2D eigenvalue weighted by Crippen LogP contribution is -2.08. The molecule has 0 radical (unpaired) electrons. The molecule has 0 fully saturated rings. The second-order valence-electron chi connectivity index (χ2n) is 3.97. The Hall–Kier alpha value is -0.740. The van der Waals surface area contributed by atoms with Crippen LogP contribution < -0.4 is 0 Å². The Balaban J connectivity index is 3.11. The van der Waals surface area contributed by atoms with Crippen molar-refractivity contribution in [3.63, 3.8) is 0 Å². The largest absolute Gasteiger partial charge is 0.411 e. The molecule has 82 valence electrons. The zero-order valence-corrected chi connectivity index (χ0v) is 10.4. The van der Waals surface area contributed by atoms with Crippen LogP contribution in [0.2, 0.25) is 5.15 Å². The molecule has 0 aliphatic heterocycles. The minimum absolute atomic E-state index is 0.0722. The summed E-state index contributed by atoms with van der Waals surface area (Å²) < 4.78 is 0.0722. The molecule has 1 heterocycles. The highest BCUT2D eigenvalue weighted by atomic mass is 35.5. The molecule has 3 nitrogen and oxygen atoms in total. The number of hydrogen-bond acceptors (Lipinski definition) is 4. The van der Waals surface area contributed by atoms with E-state index in [4.69, 9.17) is 16.8 Å². The van der Waals surface area contributed by atoms with Crippen LogP contribution in [0, 0.1) is 0 Å². The van der Waals surface area contributed by atoms with Crippen molar-refractivity contribution >= 4 is 29.6 Å². The summed E-state index contributed by atoms with van der Waals surface area (Å²) in [6, 6.07) is 1.86. The van der Waals surface area contributed by atoms with Crippen LogP contribution >= 0.6 is 23.4 Å². The van der Waals surface area contributed by atoms with Crippen LogP contribution in [0.5, 0.6) is 0 Å². The predicted octanol–water partition coefficient (Wildman–Crippen LogP) is 3.43. The van der Waals surface area contributed by atoms with Gasteiger partial charge in [-0.3, -0.25) is 0 Å². The van der Waals surface area contributed by atoms with Crippen LogP contribution in [0.25, 0.3) is 0 Å². The van der Waals surface area contributed by atoms with E-state index in [1.54, 1.807) is 18.0 Å². The molecule has 0 bridgehead atoms. The molecular weight excluding hydrogens is 232 g/mol. The quantitative estimate of drug-likeness (QED) is 0.285. The predicted molar refractivity (Wildman–Crippen MR) is 64.2 cm³/mol. The lowest BCUT2D eigenvalue weighted by molar-refractivity contribution is 0.321. The zero-order valence-electron chi connectivity index (χ0n) is 8.86. The van der Waals surface area contributed by atoms with Crippen LogP contribution in [0.3, 0.4) is 0 Å². The Bertz CT molecular complexity index is 374. The molecule has 1 rings (SSSR count). The minimum Gasteiger partial charge on any atom is -0.411 e. The van der Waals surface area contributed by atoms with Gasteiger partial charge in [-0.1, -0.05) is 37.5 Å². The van der Waals surface area contributed by atoms with E-state index in [0.29, 0.717) is 10.7 Å². The second-order valence-corrected chi connectivity index (χ2v) is 6.20. The molecule has 1 N–H and O–H groups in total. The van der Waals surface area contributed by atoms with Gasteiger partial charge >= 0.3 is 0 Å². The SMILES string of the molecule is CC(C)(C)Sc1ccnc(Cl)c1/C=N/O. The molecule has 5 heteroatoms. The summed E-state index contributed by atoms with van der Waals surface area (Å²) in [5.74, 6) is 0. The summed E-state index contributed by atoms with van der Waals surface area (Å²) in [6.45, 7) is 6.31. The van der Waals surface area contributed by atoms with E-state index >= 15 is 0 Å². The van der Waals surface area contributed by atoms with Gasteiger partial charge in [0.15, 0.2) is 0 Å². The Kier molecular flexibility index (Phi) is 3.99. The third-order valence-electron chi connectivity index (χ3n) is 1.50. The van der Waals surface area contributed by atoms with Gasteiger partial charge in [0.2, 0.25) is 0 Å². The molecule has 0 aliphatic rings. The maximum Gasteiger partial charge on any atom is 0.139 e. The van der Waals surface area contributed by atoms with E-state index in [-0.39, 0.29) is 4.75 Å². The second kappa shape index (κ2) is 4.86. The Morgan fingerprint density at radius 3 is 2.73 bits per heavy atom. The number of aromatic nitrogens is 1. The molecule has 0 amide bonds. The van der Waals surface area contributed by atoms with Gasteiger partial charge in [-0.2, -0.15) is 0 Å². The highest BCUT2D eigenvalue weighted by molar-refractivity contribution is 8.00. The molecule has 1 aromatic heterocycles. The number of halogens is 1. The third-order valence-corrected chi connectivity index (χ3v) is 2.99. The molecule has 0 spiro atoms. The van der Waals surface area contributed by atoms with Gasteiger partial charge in [-0.25, -0.2) is 4.98 Å². The fourth-order valence-electron chi connectivity index (χ4n) is 1.02. The summed E-state index contributed by atoms with van der Waals surface area (Å²) in [6.07, 6.45) is 2.95. The molecule has 0 atom stereocenters. The van der Waals surface area contributed by atoms with Crippen LogP contribution in [-0.2, 0) is 0 Å². The van der Waals surface area contributed by atoms with Gasteiger partial charge < -0.3 is 5.21 Å². The van der Waals surface area contributed by atoms with Crippen LogP contribution in [0.1, 0.15) is 26.3 Å². The van der Waals surface area contributed by atoms with Crippen molar-refractivity contribution in [2.45, 2.75) is 30.4 Å². The van der Waals surface area contributed by atoms with Crippen molar-refractivity contribution in [2.75, 3.05) is 0 Å². The van der Waals surface area contributed by atoms with Crippen molar-refractivity contribution in [3.05, 3.63) is 23.0 Å². The average Bonchev–Trinajstić information content (AvgIpc) is 2.08. The Morgan fingerprint density at radius 1 is 1.53 bits per heavy atom. The molecule has 0 saturated carbocycles. The van der Waals surface area contributed by atoms with Crippen molar-refractivity contribution in [1.82, 2.24) is 4.98 Å². The molecule has 0 aliphatic carbocycles. The van der Waals surface area contributed by atoms with E-state index < -0.39 is 0 Å². The topological polar surface area (TPSA) is 45.5 Å². The van der Waals surface area contributed by atoms with Gasteiger partial charge in [0.25, 0.3) is 0 Å². The number of pyridine rings is 1. The van der Waals surface area contributed by atoms with E-state index in [0.717, 1.165) is 4.90 Å². The zero-order chi connectivity index (χ0) is 11.5. The molecule has 0 aromatic carbocycles. The number of thioether (sulfide) groups is 1. The fourth-order valence-corrected chi connectivity index (χ4v) is 2.34. The standard InChI is InChI=1S/C10H13ClN2OS/c1-10(2,3)15-8-4-5-12-9(11)7(8)6-13-14/h4-6,14H,1-3H3/b13-6+. The van der Waals surface area contributed by atoms with Gasteiger partial charge in [-0.05, 0) is 6.07 Å². The van der Waals surface area contributed by atoms with E-state index in [1.807, 2.05) is 6.07 Å². The summed E-state index contributed by atoms with van der Waals surface area (Å²) >= 11 is 7.56. The van der Waals surface area contributed by atoms with E-state index in [1.165, 1.54) is 6.21 Å². The average molecular weight is 245 g/mol. The lowest BCUT2D eigenvalue weighted by atomic mass is 10.3. The first-order valence-corrected chi connectivity index (χ1v) is 5.64. The first-order chi connectivity index (χ1) is 6.94. The first kappa shape index (κ1) is 12.3. The van der Waals surface area contributed by atoms with Gasteiger partial charge in [-0.15, -0.1) is 11.8 Å². The smallest absolute Gasteiger partial charge is 0.139 e. The number of oxime groups is 1. The van der Waals surface area contributed by atoms with Crippen LogP contribution in [-0.4, -0.2) is 21.2 Å². The van der Waals surface area contributed by atoms with Crippen LogP contribution in [0.15, 0.2) is 22.3 Å². The van der Waals surface area contributed by atoms with Crippen molar-refractivity contribution in [1.29, 1.82) is 0 Å². The fraction of sp³-hybridized carbons (Fsp3) is 0.400. The van der Waals surface area contributed by atoms with E-state index in [9.17, 15) is 0 Å². The molecule has 0 saturated heterocycles. The monoisotopic (exact) mass is 244 g/mol. The number of nitrogens with zero attached hydrogens (tertiary/aromatic N) is 2. The summed E-state index contributed by atoms with van der Waals surface area (Å²) in [4.78, 5) is 4.90. The maximum absolute atomic E-state index is 8.54. The van der Waals surface area contributed by atoms with Gasteiger partial charge in [0.1, 0.15) is 5.15 Å². The minimum atomic E-state index is 0.0722. The first-order valence-electron chi connectivity index (χ1n) is 4.45. The van der Waals surface area contributed by atoms with E-state index in [2.05, 4.69) is 30.9 Å². The Morgan fingerprint density at radius 2 is 2.20 bits per heavy atom. The van der Waals surface area contributed by atoms with Gasteiger partial charge in [0, 0.05) is 21.4 Å². The maximum atomic E-state index is 8.54. The molecule has 1 aromatic rings. The van der Waals surface area contributed by atoms with Crippen molar-refractivity contribution < 1.29 is 5.21 Å².